The SMILES string of the molecule is CC.CC1CN(C(=O)OC(C)(C)C)C[C@H](C)C1=O. The molecule has 0 N–H and O–H groups in total. The van der Waals surface area contributed by atoms with Crippen LogP contribution in [-0.2, 0) is 9.53 Å². The second-order valence-electron chi connectivity index (χ2n) is 5.59. The molecule has 0 aliphatic carbocycles. The van der Waals surface area contributed by atoms with Gasteiger partial charge in [-0.1, -0.05) is 27.7 Å². The first-order chi connectivity index (χ1) is 8.20. The van der Waals surface area contributed by atoms with Crippen molar-refractivity contribution in [2.24, 2.45) is 11.8 Å². The van der Waals surface area contributed by atoms with Crippen LogP contribution in [-0.4, -0.2) is 35.5 Å². The Hall–Kier alpha value is -1.06. The lowest BCUT2D eigenvalue weighted by atomic mass is 9.90. The van der Waals surface area contributed by atoms with Gasteiger partial charge in [-0.15, -0.1) is 0 Å². The zero-order chi connectivity index (χ0) is 14.5. The monoisotopic (exact) mass is 257 g/mol. The minimum Gasteiger partial charge on any atom is -0.444 e. The number of likely N-dealkylation sites (tertiary alicyclic amines) is 1. The van der Waals surface area contributed by atoms with E-state index in [0.29, 0.717) is 13.1 Å². The van der Waals surface area contributed by atoms with Gasteiger partial charge in [0.15, 0.2) is 0 Å². The van der Waals surface area contributed by atoms with Gasteiger partial charge >= 0.3 is 6.09 Å². The van der Waals surface area contributed by atoms with Crippen LogP contribution in [0, 0.1) is 11.8 Å². The molecular formula is C14H27NO3. The smallest absolute Gasteiger partial charge is 0.410 e. The fourth-order valence-corrected chi connectivity index (χ4v) is 1.88. The Kier molecular flexibility index (Phi) is 6.36. The fourth-order valence-electron chi connectivity index (χ4n) is 1.88. The molecule has 1 aliphatic heterocycles. The van der Waals surface area contributed by atoms with Crippen molar-refractivity contribution in [2.75, 3.05) is 13.1 Å². The molecule has 1 fully saturated rings. The Bertz CT molecular complexity index is 280. The third-order valence-electron chi connectivity index (χ3n) is 2.61. The van der Waals surface area contributed by atoms with Crippen molar-refractivity contribution in [3.05, 3.63) is 0 Å². The van der Waals surface area contributed by atoms with Crippen LogP contribution in [0.3, 0.4) is 0 Å². The number of hydrogen-bond donors (Lipinski definition) is 0. The predicted molar refractivity (Wildman–Crippen MR) is 72.5 cm³/mol. The third-order valence-corrected chi connectivity index (χ3v) is 2.61. The van der Waals surface area contributed by atoms with E-state index in [1.165, 1.54) is 0 Å². The summed E-state index contributed by atoms with van der Waals surface area (Å²) in [6.45, 7) is 14.2. The lowest BCUT2D eigenvalue weighted by Crippen LogP contribution is -2.49. The lowest BCUT2D eigenvalue weighted by molar-refractivity contribution is -0.129. The maximum absolute atomic E-state index is 11.8. The molecule has 0 saturated carbocycles. The maximum Gasteiger partial charge on any atom is 0.410 e. The minimum absolute atomic E-state index is 0.0868. The van der Waals surface area contributed by atoms with Crippen molar-refractivity contribution in [3.8, 4) is 0 Å². The fraction of sp³-hybridized carbons (Fsp3) is 0.857. The van der Waals surface area contributed by atoms with Crippen LogP contribution in [0.4, 0.5) is 4.79 Å². The van der Waals surface area contributed by atoms with E-state index in [1.54, 1.807) is 4.90 Å². The summed E-state index contributed by atoms with van der Waals surface area (Å²) >= 11 is 0. The molecule has 0 radical (unpaired) electrons. The van der Waals surface area contributed by atoms with E-state index in [1.807, 2.05) is 48.5 Å². The standard InChI is InChI=1S/C12H21NO3.C2H6/c1-8-6-13(7-9(2)10(8)14)11(15)16-12(3,4)5;1-2/h8-9H,6-7H2,1-5H3;1-2H3/t8-,9?;/m0./s1. The van der Waals surface area contributed by atoms with E-state index in [0.717, 1.165) is 0 Å². The number of carbonyl (C=O) groups is 2. The first-order valence-electron chi connectivity index (χ1n) is 6.72. The summed E-state index contributed by atoms with van der Waals surface area (Å²) in [5, 5.41) is 0. The molecule has 1 aliphatic rings. The molecule has 4 nitrogen and oxygen atoms in total. The van der Waals surface area contributed by atoms with Crippen LogP contribution in [0.2, 0.25) is 0 Å². The molecule has 1 heterocycles. The molecular weight excluding hydrogens is 230 g/mol. The molecule has 0 bridgehead atoms. The van der Waals surface area contributed by atoms with E-state index >= 15 is 0 Å². The average molecular weight is 257 g/mol. The van der Waals surface area contributed by atoms with Crippen molar-refractivity contribution in [1.29, 1.82) is 0 Å². The summed E-state index contributed by atoms with van der Waals surface area (Å²) in [4.78, 5) is 25.0. The van der Waals surface area contributed by atoms with Gasteiger partial charge in [-0.25, -0.2) is 4.79 Å². The number of nitrogens with zero attached hydrogens (tertiary/aromatic N) is 1. The minimum atomic E-state index is -0.481. The van der Waals surface area contributed by atoms with Crippen LogP contribution in [0.25, 0.3) is 0 Å². The highest BCUT2D eigenvalue weighted by Crippen LogP contribution is 2.20. The summed E-state index contributed by atoms with van der Waals surface area (Å²) in [5.41, 5.74) is -0.481. The Morgan fingerprint density at radius 1 is 1.17 bits per heavy atom. The van der Waals surface area contributed by atoms with E-state index in [-0.39, 0.29) is 23.7 Å². The van der Waals surface area contributed by atoms with E-state index in [2.05, 4.69) is 0 Å². The third kappa shape index (κ3) is 5.07. The number of piperidine rings is 1. The highest BCUT2D eigenvalue weighted by molar-refractivity contribution is 5.85. The summed E-state index contributed by atoms with van der Waals surface area (Å²) in [5.74, 6) is 0.0624. The van der Waals surface area contributed by atoms with E-state index < -0.39 is 5.60 Å². The molecule has 106 valence electrons. The Morgan fingerprint density at radius 3 is 1.89 bits per heavy atom. The summed E-state index contributed by atoms with van der Waals surface area (Å²) in [7, 11) is 0. The van der Waals surface area contributed by atoms with Gasteiger partial charge in [-0.05, 0) is 20.8 Å². The van der Waals surface area contributed by atoms with Crippen LogP contribution in [0.5, 0.6) is 0 Å². The number of amides is 1. The summed E-state index contributed by atoms with van der Waals surface area (Å²) in [6.07, 6.45) is -0.321. The number of rotatable bonds is 0. The second-order valence-corrected chi connectivity index (χ2v) is 5.59. The van der Waals surface area contributed by atoms with Crippen molar-refractivity contribution >= 4 is 11.9 Å². The molecule has 2 atom stereocenters. The molecule has 0 spiro atoms. The average Bonchev–Trinajstić information content (AvgIpc) is 2.25. The highest BCUT2D eigenvalue weighted by atomic mass is 16.6. The molecule has 0 aromatic rings. The van der Waals surface area contributed by atoms with Gasteiger partial charge in [-0.3, -0.25) is 4.79 Å². The maximum atomic E-state index is 11.8. The molecule has 18 heavy (non-hydrogen) atoms. The summed E-state index contributed by atoms with van der Waals surface area (Å²) in [6, 6.07) is 0. The zero-order valence-corrected chi connectivity index (χ0v) is 12.7. The molecule has 0 aromatic carbocycles. The zero-order valence-electron chi connectivity index (χ0n) is 12.7. The van der Waals surface area contributed by atoms with Crippen molar-refractivity contribution in [2.45, 2.75) is 54.1 Å². The Morgan fingerprint density at radius 2 is 1.56 bits per heavy atom. The van der Waals surface area contributed by atoms with Crippen molar-refractivity contribution in [1.82, 2.24) is 4.90 Å². The number of hydrogen-bond acceptors (Lipinski definition) is 3. The van der Waals surface area contributed by atoms with Crippen LogP contribution in [0.15, 0.2) is 0 Å². The summed E-state index contributed by atoms with van der Waals surface area (Å²) < 4.78 is 5.28. The first kappa shape index (κ1) is 16.9. The van der Waals surface area contributed by atoms with Gasteiger partial charge in [0.2, 0.25) is 0 Å². The molecule has 1 rings (SSSR count). The van der Waals surface area contributed by atoms with E-state index in [4.69, 9.17) is 4.74 Å². The van der Waals surface area contributed by atoms with Crippen molar-refractivity contribution < 1.29 is 14.3 Å². The first-order valence-corrected chi connectivity index (χ1v) is 6.72. The van der Waals surface area contributed by atoms with Crippen LogP contribution >= 0.6 is 0 Å². The van der Waals surface area contributed by atoms with Crippen LogP contribution < -0.4 is 0 Å². The largest absolute Gasteiger partial charge is 0.444 e. The number of ketones is 1. The number of carbonyl (C=O) groups excluding carboxylic acids is 2. The van der Waals surface area contributed by atoms with Gasteiger partial charge in [0.1, 0.15) is 11.4 Å². The van der Waals surface area contributed by atoms with Gasteiger partial charge in [0, 0.05) is 24.9 Å². The molecule has 4 heteroatoms. The topological polar surface area (TPSA) is 46.6 Å². The van der Waals surface area contributed by atoms with Crippen molar-refractivity contribution in [3.63, 3.8) is 0 Å². The Labute approximate surface area is 111 Å². The Balaban J connectivity index is 0.00000137. The number of Topliss-reactive ketones (excluding diaryl/α,β-unsaturated/α-hetero) is 1. The van der Waals surface area contributed by atoms with Crippen LogP contribution in [0.1, 0.15) is 48.5 Å². The normalized spacial score (nSPS) is 24.2. The molecule has 1 unspecified atom stereocenters. The predicted octanol–water partition coefficient (Wildman–Crippen LogP) is 3.10. The highest BCUT2D eigenvalue weighted by Gasteiger charge is 2.34. The number of ether oxygens (including phenoxy) is 1. The van der Waals surface area contributed by atoms with Gasteiger partial charge in [0.25, 0.3) is 0 Å². The quantitative estimate of drug-likeness (QED) is 0.670. The van der Waals surface area contributed by atoms with Gasteiger partial charge < -0.3 is 9.64 Å². The van der Waals surface area contributed by atoms with E-state index in [9.17, 15) is 9.59 Å². The molecule has 0 aromatic heterocycles. The lowest BCUT2D eigenvalue weighted by Gasteiger charge is -2.35. The molecule has 1 amide bonds. The van der Waals surface area contributed by atoms with Gasteiger partial charge in [-0.2, -0.15) is 0 Å². The second kappa shape index (κ2) is 6.76. The van der Waals surface area contributed by atoms with Gasteiger partial charge in [0.05, 0.1) is 0 Å². The molecule has 1 saturated heterocycles.